The van der Waals surface area contributed by atoms with Crippen molar-refractivity contribution in [1.82, 2.24) is 0 Å². The lowest BCUT2D eigenvalue weighted by atomic mass is 9.99. The number of ketones is 1. The number of hydrogen-bond acceptors (Lipinski definition) is 3. The van der Waals surface area contributed by atoms with Crippen LogP contribution in [-0.4, -0.2) is 5.78 Å². The van der Waals surface area contributed by atoms with Gasteiger partial charge >= 0.3 is 0 Å². The summed E-state index contributed by atoms with van der Waals surface area (Å²) >= 11 is 4.68. The number of halogens is 1. The summed E-state index contributed by atoms with van der Waals surface area (Å²) in [5.74, 6) is -0.550. The maximum absolute atomic E-state index is 11.8. The summed E-state index contributed by atoms with van der Waals surface area (Å²) in [6.45, 7) is 1.97. The molecule has 0 radical (unpaired) electrons. The van der Waals surface area contributed by atoms with E-state index in [9.17, 15) is 4.79 Å². The molecule has 1 atom stereocenters. The van der Waals surface area contributed by atoms with Crippen LogP contribution in [0.15, 0.2) is 15.9 Å². The van der Waals surface area contributed by atoms with Crippen molar-refractivity contribution >= 4 is 33.0 Å². The standard InChI is InChI=1S/C10H10BrNOS/c1-2-3-7(6-12)9(13)10-8(11)4-5-14-10/h4-5,7H,2-3H2,1H3. The van der Waals surface area contributed by atoms with Gasteiger partial charge in [0.25, 0.3) is 0 Å². The van der Waals surface area contributed by atoms with Crippen LogP contribution in [0, 0.1) is 17.2 Å². The average molecular weight is 272 g/mol. The van der Waals surface area contributed by atoms with E-state index in [4.69, 9.17) is 5.26 Å². The lowest BCUT2D eigenvalue weighted by Crippen LogP contribution is -2.11. The molecule has 1 aromatic heterocycles. The number of nitriles is 1. The van der Waals surface area contributed by atoms with Gasteiger partial charge in [0.1, 0.15) is 5.92 Å². The number of thiophene rings is 1. The van der Waals surface area contributed by atoms with Gasteiger partial charge in [0.15, 0.2) is 5.78 Å². The third-order valence-electron chi connectivity index (χ3n) is 1.89. The van der Waals surface area contributed by atoms with Crippen LogP contribution in [0.5, 0.6) is 0 Å². The Morgan fingerprint density at radius 3 is 2.93 bits per heavy atom. The van der Waals surface area contributed by atoms with Crippen LogP contribution < -0.4 is 0 Å². The molecule has 0 aliphatic heterocycles. The van der Waals surface area contributed by atoms with Crippen LogP contribution in [-0.2, 0) is 0 Å². The Bertz CT molecular complexity index is 366. The minimum atomic E-state index is -0.491. The van der Waals surface area contributed by atoms with Gasteiger partial charge < -0.3 is 0 Å². The van der Waals surface area contributed by atoms with E-state index in [2.05, 4.69) is 22.0 Å². The minimum Gasteiger partial charge on any atom is -0.292 e. The molecule has 1 aromatic rings. The lowest BCUT2D eigenvalue weighted by Gasteiger charge is -2.04. The molecule has 1 heterocycles. The number of hydrogen-bond donors (Lipinski definition) is 0. The highest BCUT2D eigenvalue weighted by molar-refractivity contribution is 9.10. The van der Waals surface area contributed by atoms with Crippen molar-refractivity contribution in [2.75, 3.05) is 0 Å². The first-order valence-corrected chi connectivity index (χ1v) is 6.04. The van der Waals surface area contributed by atoms with Crippen LogP contribution in [0.1, 0.15) is 29.4 Å². The summed E-state index contributed by atoms with van der Waals surface area (Å²) in [4.78, 5) is 12.5. The van der Waals surface area contributed by atoms with Gasteiger partial charge in [-0.25, -0.2) is 0 Å². The van der Waals surface area contributed by atoms with Crippen molar-refractivity contribution < 1.29 is 4.79 Å². The normalized spacial score (nSPS) is 12.1. The van der Waals surface area contributed by atoms with Crippen LogP contribution in [0.2, 0.25) is 0 Å². The monoisotopic (exact) mass is 271 g/mol. The molecule has 1 unspecified atom stereocenters. The number of carbonyl (C=O) groups is 1. The second kappa shape index (κ2) is 5.28. The highest BCUT2D eigenvalue weighted by Gasteiger charge is 2.21. The van der Waals surface area contributed by atoms with Crippen LogP contribution in [0.4, 0.5) is 0 Å². The van der Waals surface area contributed by atoms with E-state index in [1.54, 1.807) is 0 Å². The fourth-order valence-electron chi connectivity index (χ4n) is 1.17. The first-order chi connectivity index (χ1) is 6.70. The smallest absolute Gasteiger partial charge is 0.191 e. The number of carbonyl (C=O) groups excluding carboxylic acids is 1. The van der Waals surface area contributed by atoms with Gasteiger partial charge in [0.05, 0.1) is 10.9 Å². The summed E-state index contributed by atoms with van der Waals surface area (Å²) in [5, 5.41) is 10.7. The van der Waals surface area contributed by atoms with E-state index in [1.807, 2.05) is 18.4 Å². The van der Waals surface area contributed by atoms with Crippen molar-refractivity contribution in [3.63, 3.8) is 0 Å². The van der Waals surface area contributed by atoms with E-state index in [0.29, 0.717) is 11.3 Å². The van der Waals surface area contributed by atoms with Crippen molar-refractivity contribution in [3.05, 3.63) is 20.8 Å². The first kappa shape index (κ1) is 11.4. The van der Waals surface area contributed by atoms with Crippen molar-refractivity contribution in [3.8, 4) is 6.07 Å². The van der Waals surface area contributed by atoms with Gasteiger partial charge in [0.2, 0.25) is 0 Å². The largest absolute Gasteiger partial charge is 0.292 e. The number of rotatable bonds is 4. The molecule has 0 fully saturated rings. The summed E-state index contributed by atoms with van der Waals surface area (Å²) in [5.41, 5.74) is 0. The molecule has 0 aliphatic carbocycles. The van der Waals surface area contributed by atoms with E-state index < -0.39 is 5.92 Å². The Kier molecular flexibility index (Phi) is 4.30. The average Bonchev–Trinajstić information content (AvgIpc) is 2.59. The fraction of sp³-hybridized carbons (Fsp3) is 0.400. The SMILES string of the molecule is CCCC(C#N)C(=O)c1sccc1Br. The predicted octanol–water partition coefficient (Wildman–Crippen LogP) is 3.63. The van der Waals surface area contributed by atoms with E-state index in [-0.39, 0.29) is 5.78 Å². The van der Waals surface area contributed by atoms with Crippen LogP contribution in [0.3, 0.4) is 0 Å². The molecule has 0 aromatic carbocycles. The quantitative estimate of drug-likeness (QED) is 0.785. The second-order valence-corrected chi connectivity index (χ2v) is 4.70. The van der Waals surface area contributed by atoms with Gasteiger partial charge in [-0.2, -0.15) is 5.26 Å². The molecular weight excluding hydrogens is 262 g/mol. The predicted molar refractivity (Wildman–Crippen MR) is 60.4 cm³/mol. The van der Waals surface area contributed by atoms with Crippen molar-refractivity contribution in [2.24, 2.45) is 5.92 Å². The summed E-state index contributed by atoms with van der Waals surface area (Å²) in [7, 11) is 0. The number of Topliss-reactive ketones (excluding diaryl/α,β-unsaturated/α-hetero) is 1. The minimum absolute atomic E-state index is 0.0591. The molecule has 14 heavy (non-hydrogen) atoms. The molecule has 74 valence electrons. The zero-order valence-electron chi connectivity index (χ0n) is 7.79. The molecule has 1 rings (SSSR count). The topological polar surface area (TPSA) is 40.9 Å². The molecule has 4 heteroatoms. The van der Waals surface area contributed by atoms with Crippen LogP contribution in [0.25, 0.3) is 0 Å². The summed E-state index contributed by atoms with van der Waals surface area (Å²) < 4.78 is 0.795. The van der Waals surface area contributed by atoms with E-state index in [1.165, 1.54) is 11.3 Å². The van der Waals surface area contributed by atoms with Crippen molar-refractivity contribution in [1.29, 1.82) is 5.26 Å². The van der Waals surface area contributed by atoms with Crippen LogP contribution >= 0.6 is 27.3 Å². The number of nitrogens with zero attached hydrogens (tertiary/aromatic N) is 1. The Labute approximate surface area is 95.7 Å². The zero-order chi connectivity index (χ0) is 10.6. The fourth-order valence-corrected chi connectivity index (χ4v) is 2.73. The second-order valence-electron chi connectivity index (χ2n) is 2.93. The van der Waals surface area contributed by atoms with E-state index >= 15 is 0 Å². The maximum atomic E-state index is 11.8. The van der Waals surface area contributed by atoms with E-state index in [0.717, 1.165) is 10.9 Å². The first-order valence-electron chi connectivity index (χ1n) is 4.37. The van der Waals surface area contributed by atoms with Crippen molar-refractivity contribution in [2.45, 2.75) is 19.8 Å². The van der Waals surface area contributed by atoms with Gasteiger partial charge in [-0.1, -0.05) is 13.3 Å². The lowest BCUT2D eigenvalue weighted by molar-refractivity contribution is 0.0947. The maximum Gasteiger partial charge on any atom is 0.191 e. The summed E-state index contributed by atoms with van der Waals surface area (Å²) in [6.07, 6.45) is 1.49. The third-order valence-corrected chi connectivity index (χ3v) is 3.74. The van der Waals surface area contributed by atoms with Gasteiger partial charge in [-0.3, -0.25) is 4.79 Å². The third kappa shape index (κ3) is 2.43. The molecule has 2 nitrogen and oxygen atoms in total. The highest BCUT2D eigenvalue weighted by Crippen LogP contribution is 2.26. The summed E-state index contributed by atoms with van der Waals surface area (Å²) in [6, 6.07) is 3.89. The molecule has 0 saturated heterocycles. The Balaban J connectivity index is 2.85. The zero-order valence-corrected chi connectivity index (χ0v) is 10.2. The van der Waals surface area contributed by atoms with Gasteiger partial charge in [0, 0.05) is 4.47 Å². The molecular formula is C10H10BrNOS. The highest BCUT2D eigenvalue weighted by atomic mass is 79.9. The molecule has 0 aliphatic rings. The Morgan fingerprint density at radius 1 is 1.79 bits per heavy atom. The molecule has 0 bridgehead atoms. The van der Waals surface area contributed by atoms with Gasteiger partial charge in [-0.15, -0.1) is 11.3 Å². The Hall–Kier alpha value is -0.660. The van der Waals surface area contributed by atoms with Gasteiger partial charge in [-0.05, 0) is 33.8 Å². The Morgan fingerprint density at radius 2 is 2.50 bits per heavy atom. The molecule has 0 N–H and O–H groups in total. The molecule has 0 saturated carbocycles. The molecule has 0 amide bonds. The molecule has 0 spiro atoms.